The lowest BCUT2D eigenvalue weighted by Crippen LogP contribution is -2.42. The number of benzene rings is 2. The Morgan fingerprint density at radius 3 is 2.58 bits per heavy atom. The lowest BCUT2D eigenvalue weighted by Gasteiger charge is -2.42. The summed E-state index contributed by atoms with van der Waals surface area (Å²) in [5.74, 6) is 1.27. The van der Waals surface area contributed by atoms with E-state index in [9.17, 15) is 10.1 Å². The number of methoxy groups -OCH3 is 2. The minimum atomic E-state index is -0.687. The van der Waals surface area contributed by atoms with Crippen molar-refractivity contribution in [1.29, 1.82) is 5.26 Å². The van der Waals surface area contributed by atoms with Crippen LogP contribution in [0.2, 0.25) is 0 Å². The average Bonchev–Trinajstić information content (AvgIpc) is 3.39. The topological polar surface area (TPSA) is 114 Å². The number of Topliss-reactive ketones (excluding diaryl/α,β-unsaturated/α-hetero) is 1. The molecule has 1 aromatic heterocycles. The van der Waals surface area contributed by atoms with E-state index in [1.165, 1.54) is 22.5 Å². The van der Waals surface area contributed by atoms with Gasteiger partial charge in [-0.15, -0.1) is 10.2 Å². The lowest BCUT2D eigenvalue weighted by molar-refractivity contribution is -0.118. The van der Waals surface area contributed by atoms with Crippen molar-refractivity contribution in [3.8, 4) is 17.6 Å². The number of anilines is 1. The smallest absolute Gasteiger partial charge is 0.219 e. The number of nitriles is 1. The molecule has 8 nitrogen and oxygen atoms in total. The number of nitrogens with two attached hydrogens (primary N) is 1. The fraction of sp³-hybridized carbons (Fsp3) is 0.333. The molecular weight excluding hydrogens is 542 g/mol. The number of ketones is 1. The van der Waals surface area contributed by atoms with Gasteiger partial charge in [-0.3, -0.25) is 9.69 Å². The number of aryl methyl sites for hydroxylation is 1. The van der Waals surface area contributed by atoms with Crippen molar-refractivity contribution >= 4 is 34.0 Å². The van der Waals surface area contributed by atoms with Crippen LogP contribution in [0.4, 0.5) is 5.13 Å². The van der Waals surface area contributed by atoms with Gasteiger partial charge in [-0.25, -0.2) is 0 Å². The number of ether oxygens (including phenoxy) is 2. The number of para-hydroxylation sites is 1. The van der Waals surface area contributed by atoms with Gasteiger partial charge >= 0.3 is 0 Å². The van der Waals surface area contributed by atoms with Crippen LogP contribution in [0.25, 0.3) is 0 Å². The van der Waals surface area contributed by atoms with Crippen molar-refractivity contribution in [3.05, 3.63) is 81.8 Å². The molecule has 0 saturated heterocycles. The quantitative estimate of drug-likeness (QED) is 0.335. The van der Waals surface area contributed by atoms with Crippen LogP contribution >= 0.6 is 23.1 Å². The molecule has 40 heavy (non-hydrogen) atoms. The molecule has 0 bridgehead atoms. The predicted octanol–water partition coefficient (Wildman–Crippen LogP) is 6.10. The van der Waals surface area contributed by atoms with Crippen LogP contribution in [-0.2, 0) is 10.5 Å². The molecule has 2 aliphatic rings. The highest BCUT2D eigenvalue weighted by Crippen LogP contribution is 2.53. The first kappa shape index (κ1) is 27.7. The van der Waals surface area contributed by atoms with Gasteiger partial charge in [0.2, 0.25) is 5.13 Å². The Bertz CT molecular complexity index is 1570. The number of carbonyl (C=O) groups excluding carboxylic acids is 1. The fourth-order valence-corrected chi connectivity index (χ4v) is 7.19. The molecule has 1 atom stereocenters. The molecule has 2 N–H and O–H groups in total. The molecule has 0 spiro atoms. The molecule has 0 unspecified atom stereocenters. The maximum atomic E-state index is 13.8. The Morgan fingerprint density at radius 2 is 1.90 bits per heavy atom. The van der Waals surface area contributed by atoms with Crippen molar-refractivity contribution in [3.63, 3.8) is 0 Å². The van der Waals surface area contributed by atoms with Crippen LogP contribution in [-0.4, -0.2) is 30.2 Å². The second kappa shape index (κ2) is 11.0. The third-order valence-electron chi connectivity index (χ3n) is 7.20. The first-order chi connectivity index (χ1) is 19.2. The monoisotopic (exact) mass is 573 g/mol. The van der Waals surface area contributed by atoms with Crippen LogP contribution < -0.4 is 20.1 Å². The second-order valence-corrected chi connectivity index (χ2v) is 12.9. The zero-order valence-electron chi connectivity index (χ0n) is 23.1. The number of carbonyl (C=O) groups is 1. The Labute approximate surface area is 242 Å². The van der Waals surface area contributed by atoms with E-state index in [0.29, 0.717) is 40.6 Å². The molecule has 2 aromatic carbocycles. The summed E-state index contributed by atoms with van der Waals surface area (Å²) < 4.78 is 12.0. The number of allylic oxidation sites excluding steroid dienone is 3. The van der Waals surface area contributed by atoms with E-state index in [-0.39, 0.29) is 22.6 Å². The summed E-state index contributed by atoms with van der Waals surface area (Å²) in [6.45, 7) is 6.20. The molecule has 0 saturated carbocycles. The van der Waals surface area contributed by atoms with Gasteiger partial charge in [-0.05, 0) is 30.4 Å². The number of thioether (sulfide) groups is 1. The van der Waals surface area contributed by atoms with Crippen molar-refractivity contribution in [1.82, 2.24) is 10.2 Å². The molecule has 10 heteroatoms. The lowest BCUT2D eigenvalue weighted by atomic mass is 9.68. The standard InChI is InChI=1S/C30H31N5O3S2/c1-17-9-11-18(12-10-17)16-39-29-34-33-28(40-29)35-21-13-30(2,3)14-22(36)25(21)24(20(15-31)27(35)32)19-7-6-8-23(37-4)26(19)38-5/h6-12,24H,13-14,16,32H2,1-5H3/t24-/m0/s1. The summed E-state index contributed by atoms with van der Waals surface area (Å²) in [6.07, 6.45) is 0.941. The van der Waals surface area contributed by atoms with Crippen molar-refractivity contribution in [2.24, 2.45) is 11.1 Å². The maximum Gasteiger partial charge on any atom is 0.219 e. The Hall–Kier alpha value is -3.81. The van der Waals surface area contributed by atoms with Gasteiger partial charge in [0.1, 0.15) is 5.82 Å². The van der Waals surface area contributed by atoms with Crippen LogP contribution in [0.5, 0.6) is 11.5 Å². The Morgan fingerprint density at radius 1 is 1.15 bits per heavy atom. The van der Waals surface area contributed by atoms with E-state index >= 15 is 0 Å². The second-order valence-electron chi connectivity index (χ2n) is 10.7. The number of nitrogens with zero attached hydrogens (tertiary/aromatic N) is 4. The first-order valence-electron chi connectivity index (χ1n) is 12.9. The summed E-state index contributed by atoms with van der Waals surface area (Å²) in [7, 11) is 3.11. The van der Waals surface area contributed by atoms with E-state index in [1.807, 2.05) is 12.1 Å². The van der Waals surface area contributed by atoms with Gasteiger partial charge in [0.15, 0.2) is 21.6 Å². The number of aromatic nitrogens is 2. The van der Waals surface area contributed by atoms with Crippen LogP contribution in [0.3, 0.4) is 0 Å². The largest absolute Gasteiger partial charge is 0.493 e. The summed E-state index contributed by atoms with van der Waals surface area (Å²) in [6, 6.07) is 16.2. The van der Waals surface area contributed by atoms with Crippen LogP contribution in [0, 0.1) is 23.7 Å². The molecule has 206 valence electrons. The molecule has 2 heterocycles. The highest BCUT2D eigenvalue weighted by atomic mass is 32.2. The predicted molar refractivity (Wildman–Crippen MR) is 157 cm³/mol. The zero-order chi connectivity index (χ0) is 28.6. The molecular formula is C30H31N5O3S2. The summed E-state index contributed by atoms with van der Waals surface area (Å²) >= 11 is 2.99. The van der Waals surface area contributed by atoms with Gasteiger partial charge in [-0.1, -0.05) is 78.9 Å². The molecule has 1 aliphatic carbocycles. The van der Waals surface area contributed by atoms with Gasteiger partial charge < -0.3 is 15.2 Å². The zero-order valence-corrected chi connectivity index (χ0v) is 24.8. The van der Waals surface area contributed by atoms with Crippen molar-refractivity contribution < 1.29 is 14.3 Å². The highest BCUT2D eigenvalue weighted by molar-refractivity contribution is 8.00. The van der Waals surface area contributed by atoms with Gasteiger partial charge in [0.05, 0.1) is 31.8 Å². The minimum absolute atomic E-state index is 0.0233. The summed E-state index contributed by atoms with van der Waals surface area (Å²) in [4.78, 5) is 15.6. The first-order valence-corrected chi connectivity index (χ1v) is 14.7. The molecule has 1 aliphatic heterocycles. The van der Waals surface area contributed by atoms with Crippen LogP contribution in [0.15, 0.2) is 69.5 Å². The Kier molecular flexibility index (Phi) is 7.62. The minimum Gasteiger partial charge on any atom is -0.493 e. The molecule has 3 aromatic rings. The number of hydrogen-bond donors (Lipinski definition) is 1. The van der Waals surface area contributed by atoms with E-state index in [4.69, 9.17) is 15.2 Å². The Balaban J connectivity index is 1.60. The molecule has 5 rings (SSSR count). The normalized spacial score (nSPS) is 18.4. The van der Waals surface area contributed by atoms with Gasteiger partial charge in [0.25, 0.3) is 0 Å². The van der Waals surface area contributed by atoms with Crippen LogP contribution in [0.1, 0.15) is 49.3 Å². The van der Waals surface area contributed by atoms with E-state index in [1.54, 1.807) is 36.9 Å². The van der Waals surface area contributed by atoms with Crippen molar-refractivity contribution in [2.75, 3.05) is 19.1 Å². The molecule has 0 radical (unpaired) electrons. The average molecular weight is 574 g/mol. The number of rotatable bonds is 7. The van der Waals surface area contributed by atoms with Gasteiger partial charge in [-0.2, -0.15) is 5.26 Å². The van der Waals surface area contributed by atoms with E-state index in [2.05, 4.69) is 61.3 Å². The van der Waals surface area contributed by atoms with Gasteiger partial charge in [0, 0.05) is 29.0 Å². The SMILES string of the molecule is COc1cccc([C@H]2C(C#N)=C(N)N(c3nnc(SCc4ccc(C)cc4)s3)C3=C2C(=O)CC(C)(C)C3)c1OC. The third-order valence-corrected chi connectivity index (χ3v) is 9.31. The fourth-order valence-electron chi connectivity index (χ4n) is 5.36. The molecule has 0 fully saturated rings. The highest BCUT2D eigenvalue weighted by Gasteiger charge is 2.46. The number of hydrogen-bond acceptors (Lipinski definition) is 10. The summed E-state index contributed by atoms with van der Waals surface area (Å²) in [5.41, 5.74) is 11.1. The van der Waals surface area contributed by atoms with E-state index < -0.39 is 5.92 Å². The molecule has 0 amide bonds. The van der Waals surface area contributed by atoms with E-state index in [0.717, 1.165) is 15.8 Å². The maximum absolute atomic E-state index is 13.8. The third kappa shape index (κ3) is 5.07. The summed E-state index contributed by atoms with van der Waals surface area (Å²) in [5, 5.41) is 19.8. The van der Waals surface area contributed by atoms with Crippen molar-refractivity contribution in [2.45, 2.75) is 49.6 Å².